The fourth-order valence-electron chi connectivity index (χ4n) is 5.92. The van der Waals surface area contributed by atoms with Crippen molar-refractivity contribution in [1.82, 2.24) is 14.7 Å². The molecule has 0 radical (unpaired) electrons. The molecule has 0 bridgehead atoms. The van der Waals surface area contributed by atoms with Crippen molar-refractivity contribution in [3.63, 3.8) is 0 Å². The molecule has 0 aromatic heterocycles. The van der Waals surface area contributed by atoms with Gasteiger partial charge < -0.3 is 40.1 Å². The van der Waals surface area contributed by atoms with E-state index in [2.05, 4.69) is 22.1 Å². The minimum Gasteiger partial charge on any atom is -0.508 e. The summed E-state index contributed by atoms with van der Waals surface area (Å²) in [6, 6.07) is 7.09. The number of hydrogen-bond acceptors (Lipinski definition) is 12. The van der Waals surface area contributed by atoms with Gasteiger partial charge in [0.1, 0.15) is 29.5 Å². The Hall–Kier alpha value is -5.57. The third kappa shape index (κ3) is 18.6. The number of nitrogens with zero attached hydrogens (tertiary/aromatic N) is 5. The molecule has 3 fully saturated rings. The average Bonchev–Trinajstić information content (AvgIpc) is 3.87. The van der Waals surface area contributed by atoms with Crippen molar-refractivity contribution < 1.29 is 69.0 Å². The van der Waals surface area contributed by atoms with Gasteiger partial charge in [-0.15, -0.1) is 12.3 Å². The molecule has 3 saturated heterocycles. The second kappa shape index (κ2) is 23.0. The molecule has 0 amide bonds. The fraction of sp³-hybridized carbons (Fsp3) is 0.487. The van der Waals surface area contributed by atoms with Gasteiger partial charge in [-0.05, 0) is 71.6 Å². The molecule has 62 heavy (non-hydrogen) atoms. The molecule has 344 valence electrons. The lowest BCUT2D eigenvalue weighted by Crippen LogP contribution is -2.21. The predicted octanol–water partition coefficient (Wildman–Crippen LogP) is 7.71. The van der Waals surface area contributed by atoms with Crippen molar-refractivity contribution in [2.24, 2.45) is 0 Å². The predicted molar refractivity (Wildman–Crippen MR) is 209 cm³/mol. The Morgan fingerprint density at radius 3 is 1.37 bits per heavy atom. The van der Waals surface area contributed by atoms with Crippen molar-refractivity contribution in [3.8, 4) is 29.6 Å². The van der Waals surface area contributed by atoms with Crippen LogP contribution in [-0.2, 0) is 18.5 Å². The standard InChI is InChI=1S/C12H13F3N2O3.C12H15F3N2O.C7H4F3NO3.C5H11NO.C3H4/c1-16-3-2-10(7-16)20-11-5-8(12(13,14)15)4-9(6-11)17(18)19;1-17-3-2-10(7-17)18-11-5-8(12(13,14)15)4-9(16)6-11;8-7(9,10)4-1-5(11(13)14)3-6(12)2-4;1-6-3-2-5(7)4-6;1-3-2/h4-6,10H,2-3,7H2,1H3;4-6,10H,2-3,7,16H2,1H3;1-3,12H;5,7H,2-4H2,1H3;1H,2H3. The molecule has 3 atom stereocenters. The van der Waals surface area contributed by atoms with Gasteiger partial charge in [-0.25, -0.2) is 0 Å². The number of nitrogens with two attached hydrogens (primary N) is 1. The summed E-state index contributed by atoms with van der Waals surface area (Å²) in [5.74, 6) is 1.53. The van der Waals surface area contributed by atoms with Crippen molar-refractivity contribution in [3.05, 3.63) is 91.5 Å². The normalized spacial score (nSPS) is 19.2. The lowest BCUT2D eigenvalue weighted by Gasteiger charge is -2.16. The molecule has 3 aromatic carbocycles. The van der Waals surface area contributed by atoms with Gasteiger partial charge >= 0.3 is 18.5 Å². The first kappa shape index (κ1) is 52.6. The van der Waals surface area contributed by atoms with Crippen LogP contribution in [0, 0.1) is 32.6 Å². The van der Waals surface area contributed by atoms with E-state index in [9.17, 15) is 59.7 Å². The number of likely N-dealkylation sites (N-methyl/N-ethyl adjacent to an activating group) is 3. The van der Waals surface area contributed by atoms with E-state index in [1.54, 1.807) is 6.92 Å². The summed E-state index contributed by atoms with van der Waals surface area (Å²) in [7, 11) is 5.85. The van der Waals surface area contributed by atoms with Crippen LogP contribution >= 0.6 is 0 Å². The van der Waals surface area contributed by atoms with Crippen LogP contribution in [0.25, 0.3) is 0 Å². The van der Waals surface area contributed by atoms with Crippen molar-refractivity contribution >= 4 is 17.1 Å². The number of aliphatic hydroxyl groups excluding tert-OH is 1. The van der Waals surface area contributed by atoms with Crippen LogP contribution < -0.4 is 15.2 Å². The molecule has 4 N–H and O–H groups in total. The van der Waals surface area contributed by atoms with Crippen LogP contribution in [0.5, 0.6) is 17.2 Å². The van der Waals surface area contributed by atoms with E-state index in [4.69, 9.17) is 25.4 Å². The summed E-state index contributed by atoms with van der Waals surface area (Å²) in [4.78, 5) is 25.2. The van der Waals surface area contributed by atoms with E-state index in [-0.39, 0.29) is 35.5 Å². The Balaban J connectivity index is 0.000000291. The number of likely N-dealkylation sites (tertiary alicyclic amines) is 3. The Morgan fingerprint density at radius 1 is 0.661 bits per heavy atom. The molecule has 3 aromatic rings. The van der Waals surface area contributed by atoms with Gasteiger partial charge in [0, 0.05) is 63.2 Å². The molecular weight excluding hydrogens is 851 g/mol. The lowest BCUT2D eigenvalue weighted by atomic mass is 10.2. The molecular formula is C39H47F9N6O8. The highest BCUT2D eigenvalue weighted by molar-refractivity contribution is 5.48. The number of aromatic hydroxyl groups is 1. The number of nitro groups is 2. The number of non-ortho nitro benzene ring substituents is 2. The van der Waals surface area contributed by atoms with Gasteiger partial charge in [-0.2, -0.15) is 39.5 Å². The maximum atomic E-state index is 12.7. The van der Waals surface area contributed by atoms with Crippen LogP contribution in [-0.4, -0.2) is 113 Å². The number of halogens is 9. The monoisotopic (exact) mass is 898 g/mol. The van der Waals surface area contributed by atoms with E-state index >= 15 is 0 Å². The second-order valence-corrected chi connectivity index (χ2v) is 14.3. The quantitative estimate of drug-likeness (QED) is 0.0722. The first-order chi connectivity index (χ1) is 28.6. The smallest absolute Gasteiger partial charge is 0.416 e. The number of anilines is 1. The molecule has 6 rings (SSSR count). The minimum absolute atomic E-state index is 0.0509. The molecule has 0 saturated carbocycles. The first-order valence-corrected chi connectivity index (χ1v) is 18.5. The number of rotatable bonds is 6. The molecule has 23 heteroatoms. The number of phenols is 1. The number of terminal acetylenes is 1. The van der Waals surface area contributed by atoms with Crippen molar-refractivity contribution in [2.75, 3.05) is 66.1 Å². The van der Waals surface area contributed by atoms with Crippen LogP contribution in [0.1, 0.15) is 42.9 Å². The summed E-state index contributed by atoms with van der Waals surface area (Å²) in [6.07, 6.45) is -7.07. The fourth-order valence-corrected chi connectivity index (χ4v) is 5.92. The lowest BCUT2D eigenvalue weighted by molar-refractivity contribution is -0.385. The summed E-state index contributed by atoms with van der Waals surface area (Å²) >= 11 is 0. The molecule has 0 aliphatic carbocycles. The van der Waals surface area contributed by atoms with E-state index in [0.717, 1.165) is 69.8 Å². The zero-order valence-corrected chi connectivity index (χ0v) is 33.9. The topological polar surface area (TPSA) is 181 Å². The first-order valence-electron chi connectivity index (χ1n) is 18.5. The molecule has 3 aliphatic rings. The third-order valence-corrected chi connectivity index (χ3v) is 8.79. The van der Waals surface area contributed by atoms with Crippen molar-refractivity contribution in [2.45, 2.75) is 63.0 Å². The Morgan fingerprint density at radius 2 is 1.03 bits per heavy atom. The summed E-state index contributed by atoms with van der Waals surface area (Å²) in [5.41, 5.74) is 1.01. The van der Waals surface area contributed by atoms with E-state index in [1.165, 1.54) is 6.07 Å². The summed E-state index contributed by atoms with van der Waals surface area (Å²) in [5, 5.41) is 38.5. The highest BCUT2D eigenvalue weighted by atomic mass is 19.4. The number of phenolic OH excluding ortho intramolecular Hbond substituents is 1. The summed E-state index contributed by atoms with van der Waals surface area (Å²) < 4.78 is 123. The number of nitrogen functional groups attached to an aromatic ring is 1. The van der Waals surface area contributed by atoms with E-state index < -0.39 is 62.2 Å². The summed E-state index contributed by atoms with van der Waals surface area (Å²) in [6.45, 7) is 6.55. The Labute approximate surface area is 350 Å². The van der Waals surface area contributed by atoms with Crippen molar-refractivity contribution in [1.29, 1.82) is 0 Å². The number of β-amino-alcohol motifs (C(OH)–C–C–N with tert-alkyl or cyclic N) is 1. The number of benzene rings is 3. The number of alkyl halides is 9. The van der Waals surface area contributed by atoms with Crippen LogP contribution in [0.2, 0.25) is 0 Å². The number of nitro benzene ring substituents is 2. The van der Waals surface area contributed by atoms with Gasteiger partial charge in [-0.3, -0.25) is 20.2 Å². The van der Waals surface area contributed by atoms with Crippen LogP contribution in [0.4, 0.5) is 56.6 Å². The number of aliphatic hydroxyl groups is 1. The van der Waals surface area contributed by atoms with Gasteiger partial charge in [-0.1, -0.05) is 0 Å². The SMILES string of the molecule is C#CC.CN1CCC(O)C1.CN1CCC(Oc2cc(N)cc(C(F)(F)F)c2)C1.CN1CCC(Oc2cc([N+](=O)[O-])cc(C(F)(F)F)c2)C1.O=[N+]([O-])c1cc(O)cc(C(F)(F)F)c1. The van der Waals surface area contributed by atoms with Crippen LogP contribution in [0.3, 0.4) is 0 Å². The van der Waals surface area contributed by atoms with E-state index in [0.29, 0.717) is 37.2 Å². The largest absolute Gasteiger partial charge is 0.508 e. The average molecular weight is 899 g/mol. The highest BCUT2D eigenvalue weighted by Gasteiger charge is 2.35. The van der Waals surface area contributed by atoms with Crippen LogP contribution in [0.15, 0.2) is 54.6 Å². The highest BCUT2D eigenvalue weighted by Crippen LogP contribution is 2.37. The molecule has 14 nitrogen and oxygen atoms in total. The van der Waals surface area contributed by atoms with Gasteiger partial charge in [0.15, 0.2) is 0 Å². The van der Waals surface area contributed by atoms with E-state index in [1.807, 2.05) is 26.0 Å². The number of ether oxygens (including phenoxy) is 2. The van der Waals surface area contributed by atoms with Gasteiger partial charge in [0.2, 0.25) is 0 Å². The third-order valence-electron chi connectivity index (χ3n) is 8.79. The minimum atomic E-state index is -4.70. The zero-order chi connectivity index (χ0) is 47.2. The molecule has 3 unspecified atom stereocenters. The molecule has 3 aliphatic heterocycles. The number of hydrogen-bond donors (Lipinski definition) is 3. The zero-order valence-electron chi connectivity index (χ0n) is 33.9. The maximum absolute atomic E-state index is 12.7. The molecule has 0 spiro atoms. The molecule has 3 heterocycles. The maximum Gasteiger partial charge on any atom is 0.416 e. The Bertz CT molecular complexity index is 1970. The van der Waals surface area contributed by atoms with Gasteiger partial charge in [0.05, 0.1) is 44.8 Å². The second-order valence-electron chi connectivity index (χ2n) is 14.3. The Kier molecular flexibility index (Phi) is 19.5. The van der Waals surface area contributed by atoms with Gasteiger partial charge in [0.25, 0.3) is 11.4 Å².